The molecule has 0 spiro atoms. The number of carboxylic acids is 1. The Bertz CT molecular complexity index is 681. The number of benzene rings is 1. The molecule has 6 nitrogen and oxygen atoms in total. The normalized spacial score (nSPS) is 10.2. The van der Waals surface area contributed by atoms with Crippen LogP contribution >= 0.6 is 11.3 Å². The molecule has 110 valence electrons. The summed E-state index contributed by atoms with van der Waals surface area (Å²) in [4.78, 5) is 26.8. The van der Waals surface area contributed by atoms with Gasteiger partial charge in [-0.3, -0.25) is 4.79 Å². The number of thiazole rings is 1. The van der Waals surface area contributed by atoms with E-state index in [-0.39, 0.29) is 18.1 Å². The molecule has 0 saturated heterocycles. The zero-order valence-electron chi connectivity index (χ0n) is 11.5. The van der Waals surface area contributed by atoms with Crippen LogP contribution in [0.25, 0.3) is 0 Å². The predicted molar refractivity (Wildman–Crippen MR) is 78.0 cm³/mol. The number of carbonyl (C=O) groups excluding carboxylic acids is 1. The molecule has 0 aliphatic rings. The minimum atomic E-state index is -1.08. The van der Waals surface area contributed by atoms with E-state index in [0.29, 0.717) is 16.3 Å². The number of carboxylic acid groups (broad SMARTS) is 1. The summed E-state index contributed by atoms with van der Waals surface area (Å²) in [7, 11) is 1.50. The highest BCUT2D eigenvalue weighted by molar-refractivity contribution is 7.09. The first-order valence-corrected chi connectivity index (χ1v) is 6.99. The van der Waals surface area contributed by atoms with Crippen LogP contribution in [0.5, 0.6) is 5.75 Å². The van der Waals surface area contributed by atoms with Crippen molar-refractivity contribution in [3.63, 3.8) is 0 Å². The van der Waals surface area contributed by atoms with Crippen molar-refractivity contribution in [1.82, 2.24) is 10.3 Å². The Kier molecular flexibility index (Phi) is 4.54. The molecule has 1 amide bonds. The van der Waals surface area contributed by atoms with Gasteiger partial charge in [0.15, 0.2) is 5.69 Å². The fourth-order valence-corrected chi connectivity index (χ4v) is 2.45. The molecule has 0 fully saturated rings. The Balaban J connectivity index is 2.07. The van der Waals surface area contributed by atoms with E-state index in [0.717, 1.165) is 5.56 Å². The molecule has 1 heterocycles. The minimum absolute atomic E-state index is 0.0163. The summed E-state index contributed by atoms with van der Waals surface area (Å²) in [5.74, 6) is -0.879. The highest BCUT2D eigenvalue weighted by atomic mass is 32.1. The lowest BCUT2D eigenvalue weighted by Crippen LogP contribution is -2.23. The van der Waals surface area contributed by atoms with Crippen molar-refractivity contribution in [3.8, 4) is 5.75 Å². The first kappa shape index (κ1) is 15.0. The summed E-state index contributed by atoms with van der Waals surface area (Å²) in [6, 6.07) is 5.32. The molecule has 0 aliphatic carbocycles. The predicted octanol–water partition coefficient (Wildman–Crippen LogP) is 2.09. The number of ether oxygens (including phenoxy) is 1. The number of aromatic nitrogens is 1. The molecule has 2 rings (SSSR count). The number of nitrogens with zero attached hydrogens (tertiary/aromatic N) is 1. The second-order valence-corrected chi connectivity index (χ2v) is 5.26. The summed E-state index contributed by atoms with van der Waals surface area (Å²) < 4.78 is 5.16. The highest BCUT2D eigenvalue weighted by Gasteiger charge is 2.14. The van der Waals surface area contributed by atoms with Crippen LogP contribution in [-0.2, 0) is 6.54 Å². The number of amides is 1. The van der Waals surface area contributed by atoms with Gasteiger partial charge >= 0.3 is 5.97 Å². The molecule has 7 heteroatoms. The average Bonchev–Trinajstić information content (AvgIpc) is 2.94. The van der Waals surface area contributed by atoms with Crippen molar-refractivity contribution < 1.29 is 19.4 Å². The van der Waals surface area contributed by atoms with Gasteiger partial charge in [0.25, 0.3) is 5.91 Å². The third-order valence-corrected chi connectivity index (χ3v) is 3.62. The maximum Gasteiger partial charge on any atom is 0.355 e. The number of carbonyl (C=O) groups is 2. The van der Waals surface area contributed by atoms with Gasteiger partial charge in [-0.15, -0.1) is 11.3 Å². The number of hydrogen-bond donors (Lipinski definition) is 2. The molecular formula is C14H14N2O4S. The first-order valence-electron chi connectivity index (χ1n) is 6.12. The quantitative estimate of drug-likeness (QED) is 0.883. The van der Waals surface area contributed by atoms with E-state index < -0.39 is 5.97 Å². The fraction of sp³-hybridized carbons (Fsp3) is 0.214. The van der Waals surface area contributed by atoms with E-state index >= 15 is 0 Å². The molecule has 0 unspecified atom stereocenters. The van der Waals surface area contributed by atoms with Crippen molar-refractivity contribution in [3.05, 3.63) is 45.4 Å². The Morgan fingerprint density at radius 2 is 2.19 bits per heavy atom. The first-order chi connectivity index (χ1) is 10.0. The zero-order valence-corrected chi connectivity index (χ0v) is 12.4. The van der Waals surface area contributed by atoms with E-state index in [1.807, 2.05) is 13.0 Å². The SMILES string of the molecule is COc1ccc(C)cc1C(=O)NCc1nc(C(=O)O)cs1. The molecule has 21 heavy (non-hydrogen) atoms. The van der Waals surface area contributed by atoms with Gasteiger partial charge in [0.1, 0.15) is 10.8 Å². The third-order valence-electron chi connectivity index (χ3n) is 2.77. The standard InChI is InChI=1S/C14H14N2O4S/c1-8-3-4-11(20-2)9(5-8)13(17)15-6-12-16-10(7-21-12)14(18)19/h3-5,7H,6H2,1-2H3,(H,15,17)(H,18,19). The molecule has 0 atom stereocenters. The number of hydrogen-bond acceptors (Lipinski definition) is 5. The second kappa shape index (κ2) is 6.36. The van der Waals surface area contributed by atoms with E-state index in [1.165, 1.54) is 23.8 Å². The monoisotopic (exact) mass is 306 g/mol. The fourth-order valence-electron chi connectivity index (χ4n) is 1.74. The van der Waals surface area contributed by atoms with E-state index in [9.17, 15) is 9.59 Å². The molecule has 0 aliphatic heterocycles. The number of aromatic carboxylic acids is 1. The summed E-state index contributed by atoms with van der Waals surface area (Å²) in [6.07, 6.45) is 0. The largest absolute Gasteiger partial charge is 0.496 e. The van der Waals surface area contributed by atoms with Gasteiger partial charge in [-0.25, -0.2) is 9.78 Å². The molecule has 2 aromatic rings. The van der Waals surface area contributed by atoms with Gasteiger partial charge in [0.05, 0.1) is 19.2 Å². The number of rotatable bonds is 5. The Labute approximate surface area is 125 Å². The van der Waals surface area contributed by atoms with Crippen LogP contribution in [0.2, 0.25) is 0 Å². The van der Waals surface area contributed by atoms with Crippen LogP contribution in [0.3, 0.4) is 0 Å². The highest BCUT2D eigenvalue weighted by Crippen LogP contribution is 2.19. The second-order valence-electron chi connectivity index (χ2n) is 4.32. The van der Waals surface area contributed by atoms with E-state index in [1.54, 1.807) is 12.1 Å². The van der Waals surface area contributed by atoms with Crippen LogP contribution in [0.4, 0.5) is 0 Å². The van der Waals surface area contributed by atoms with Gasteiger partial charge in [0, 0.05) is 5.38 Å². The molecule has 1 aromatic heterocycles. The lowest BCUT2D eigenvalue weighted by molar-refractivity contribution is 0.0691. The zero-order chi connectivity index (χ0) is 15.4. The molecule has 1 aromatic carbocycles. The van der Waals surface area contributed by atoms with Gasteiger partial charge in [-0.1, -0.05) is 11.6 Å². The Morgan fingerprint density at radius 3 is 2.81 bits per heavy atom. The molecular weight excluding hydrogens is 292 g/mol. The maximum absolute atomic E-state index is 12.2. The number of methoxy groups -OCH3 is 1. The molecule has 2 N–H and O–H groups in total. The maximum atomic E-state index is 12.2. The summed E-state index contributed by atoms with van der Waals surface area (Å²) in [5.41, 5.74) is 1.37. The third kappa shape index (κ3) is 3.57. The summed E-state index contributed by atoms with van der Waals surface area (Å²) in [6.45, 7) is 2.06. The van der Waals surface area contributed by atoms with Crippen molar-refractivity contribution in [1.29, 1.82) is 0 Å². The van der Waals surface area contributed by atoms with Gasteiger partial charge in [-0.05, 0) is 19.1 Å². The van der Waals surface area contributed by atoms with Crippen LogP contribution < -0.4 is 10.1 Å². The lowest BCUT2D eigenvalue weighted by Gasteiger charge is -2.09. The molecule has 0 radical (unpaired) electrons. The molecule has 0 bridgehead atoms. The van der Waals surface area contributed by atoms with Gasteiger partial charge in [0.2, 0.25) is 0 Å². The topological polar surface area (TPSA) is 88.5 Å². The van der Waals surface area contributed by atoms with Crippen LogP contribution in [0, 0.1) is 6.92 Å². The van der Waals surface area contributed by atoms with E-state index in [4.69, 9.17) is 9.84 Å². The lowest BCUT2D eigenvalue weighted by atomic mass is 10.1. The van der Waals surface area contributed by atoms with Crippen LogP contribution in [0.1, 0.15) is 31.4 Å². The van der Waals surface area contributed by atoms with Crippen molar-refractivity contribution >= 4 is 23.2 Å². The minimum Gasteiger partial charge on any atom is -0.496 e. The average molecular weight is 306 g/mol. The summed E-state index contributed by atoms with van der Waals surface area (Å²) in [5, 5.41) is 13.5. The van der Waals surface area contributed by atoms with Gasteiger partial charge < -0.3 is 15.2 Å². The van der Waals surface area contributed by atoms with Crippen molar-refractivity contribution in [2.45, 2.75) is 13.5 Å². The van der Waals surface area contributed by atoms with E-state index in [2.05, 4.69) is 10.3 Å². The van der Waals surface area contributed by atoms with Crippen LogP contribution in [0.15, 0.2) is 23.6 Å². The van der Waals surface area contributed by atoms with Crippen molar-refractivity contribution in [2.24, 2.45) is 0 Å². The summed E-state index contributed by atoms with van der Waals surface area (Å²) >= 11 is 1.19. The Hall–Kier alpha value is -2.41. The van der Waals surface area contributed by atoms with Crippen LogP contribution in [-0.4, -0.2) is 29.1 Å². The number of nitrogens with one attached hydrogen (secondary N) is 1. The smallest absolute Gasteiger partial charge is 0.355 e. The molecule has 0 saturated carbocycles. The van der Waals surface area contributed by atoms with Gasteiger partial charge in [-0.2, -0.15) is 0 Å². The number of aryl methyl sites for hydroxylation is 1. The van der Waals surface area contributed by atoms with Crippen molar-refractivity contribution in [2.75, 3.05) is 7.11 Å². The Morgan fingerprint density at radius 1 is 1.43 bits per heavy atom.